The fourth-order valence-electron chi connectivity index (χ4n) is 6.74. The Hall–Kier alpha value is -1.16. The molecule has 0 amide bonds. The molecule has 27 heavy (non-hydrogen) atoms. The fraction of sp³-hybridized carbons (Fsp3) is 0.826. The Kier molecular flexibility index (Phi) is 5.12. The number of Topliss-reactive ketones (excluding diaryl/α,β-unsaturated/α-hetero) is 1. The van der Waals surface area contributed by atoms with Crippen LogP contribution in [0.2, 0.25) is 0 Å². The molecule has 0 aliphatic heterocycles. The number of carbonyl (C=O) groups excluding carboxylic acids is 2. The minimum atomic E-state index is -0.607. The van der Waals surface area contributed by atoms with E-state index in [1.165, 1.54) is 0 Å². The number of esters is 1. The van der Waals surface area contributed by atoms with Crippen LogP contribution in [-0.2, 0) is 14.3 Å². The van der Waals surface area contributed by atoms with Crippen molar-refractivity contribution in [3.05, 3.63) is 12.7 Å². The molecule has 0 radical (unpaired) electrons. The summed E-state index contributed by atoms with van der Waals surface area (Å²) in [5, 5.41) is 11.4. The quantitative estimate of drug-likeness (QED) is 0.589. The standard InChI is InChI=1S/C23H36O4/c1-7-18(25)27-17-13-21(5,8-2)20(26)15(4)23-11-9-14(3)22(17,6)19(23)16(24)10-12-23/h8,14-15,17,19-20,26H,2,7,9-13H2,1,3-6H3/t14-,15+,17-,19?,20+,21+,22+,23+/m1/s1. The Morgan fingerprint density at radius 1 is 1.33 bits per heavy atom. The molecule has 2 bridgehead atoms. The topological polar surface area (TPSA) is 63.6 Å². The summed E-state index contributed by atoms with van der Waals surface area (Å²) in [6.45, 7) is 14.3. The molecule has 4 nitrogen and oxygen atoms in total. The van der Waals surface area contributed by atoms with Gasteiger partial charge in [0.15, 0.2) is 0 Å². The van der Waals surface area contributed by atoms with E-state index in [2.05, 4.69) is 27.4 Å². The van der Waals surface area contributed by atoms with Gasteiger partial charge in [-0.05, 0) is 42.9 Å². The number of rotatable bonds is 3. The molecule has 8 atom stereocenters. The van der Waals surface area contributed by atoms with Gasteiger partial charge in [0.25, 0.3) is 0 Å². The molecule has 3 aliphatic rings. The minimum absolute atomic E-state index is 0.00611. The average Bonchev–Trinajstić information content (AvgIpc) is 3.00. The van der Waals surface area contributed by atoms with Gasteiger partial charge in [0.05, 0.1) is 6.10 Å². The van der Waals surface area contributed by atoms with Gasteiger partial charge in [0.1, 0.15) is 11.9 Å². The molecule has 3 saturated carbocycles. The summed E-state index contributed by atoms with van der Waals surface area (Å²) in [7, 11) is 0. The number of hydrogen-bond donors (Lipinski definition) is 1. The molecule has 0 aromatic rings. The van der Waals surface area contributed by atoms with E-state index in [4.69, 9.17) is 4.74 Å². The molecule has 0 aromatic heterocycles. The van der Waals surface area contributed by atoms with Gasteiger partial charge in [-0.3, -0.25) is 9.59 Å². The van der Waals surface area contributed by atoms with Crippen molar-refractivity contribution in [1.82, 2.24) is 0 Å². The highest BCUT2D eigenvalue weighted by molar-refractivity contribution is 5.85. The molecule has 0 saturated heterocycles. The van der Waals surface area contributed by atoms with Crippen molar-refractivity contribution in [2.75, 3.05) is 0 Å². The Morgan fingerprint density at radius 3 is 2.59 bits per heavy atom. The maximum absolute atomic E-state index is 13.2. The van der Waals surface area contributed by atoms with E-state index < -0.39 is 23.0 Å². The Balaban J connectivity index is 2.21. The Labute approximate surface area is 163 Å². The summed E-state index contributed by atoms with van der Waals surface area (Å²) >= 11 is 0. The van der Waals surface area contributed by atoms with Gasteiger partial charge in [-0.2, -0.15) is 0 Å². The molecule has 0 heterocycles. The van der Waals surface area contributed by atoms with Crippen LogP contribution in [0.4, 0.5) is 0 Å². The first-order valence-corrected chi connectivity index (χ1v) is 10.6. The summed E-state index contributed by atoms with van der Waals surface area (Å²) in [4.78, 5) is 25.5. The van der Waals surface area contributed by atoms with Crippen LogP contribution in [0.25, 0.3) is 0 Å². The van der Waals surface area contributed by atoms with Crippen LogP contribution in [0, 0.1) is 34.0 Å². The van der Waals surface area contributed by atoms with Crippen LogP contribution in [0.15, 0.2) is 12.7 Å². The zero-order valence-electron chi connectivity index (χ0n) is 17.6. The molecule has 3 fully saturated rings. The second kappa shape index (κ2) is 6.72. The van der Waals surface area contributed by atoms with Crippen molar-refractivity contribution >= 4 is 11.8 Å². The van der Waals surface area contributed by atoms with Gasteiger partial charge in [-0.1, -0.05) is 40.7 Å². The van der Waals surface area contributed by atoms with E-state index in [0.29, 0.717) is 25.0 Å². The lowest BCUT2D eigenvalue weighted by atomic mass is 9.44. The summed E-state index contributed by atoms with van der Waals surface area (Å²) in [5.74, 6) is 0.199. The molecule has 4 heteroatoms. The molecule has 152 valence electrons. The highest BCUT2D eigenvalue weighted by atomic mass is 16.5. The second-order valence-corrected chi connectivity index (χ2v) is 9.92. The van der Waals surface area contributed by atoms with Crippen molar-refractivity contribution in [2.24, 2.45) is 34.0 Å². The maximum Gasteiger partial charge on any atom is 0.305 e. The molecule has 3 aliphatic carbocycles. The van der Waals surface area contributed by atoms with Crippen molar-refractivity contribution < 1.29 is 19.4 Å². The predicted molar refractivity (Wildman–Crippen MR) is 105 cm³/mol. The van der Waals surface area contributed by atoms with Crippen molar-refractivity contribution in [3.63, 3.8) is 0 Å². The predicted octanol–water partition coefficient (Wildman–Crippen LogP) is 4.30. The largest absolute Gasteiger partial charge is 0.462 e. The van der Waals surface area contributed by atoms with Crippen molar-refractivity contribution in [1.29, 1.82) is 0 Å². The summed E-state index contributed by atoms with van der Waals surface area (Å²) in [5.41, 5.74) is -1.17. The van der Waals surface area contributed by atoms with Crippen LogP contribution in [-0.4, -0.2) is 29.1 Å². The van der Waals surface area contributed by atoms with E-state index in [1.54, 1.807) is 6.92 Å². The van der Waals surface area contributed by atoms with Gasteiger partial charge >= 0.3 is 5.97 Å². The highest BCUT2D eigenvalue weighted by Gasteiger charge is 2.68. The summed E-state index contributed by atoms with van der Waals surface area (Å²) in [6, 6.07) is 0. The van der Waals surface area contributed by atoms with Crippen molar-refractivity contribution in [3.8, 4) is 0 Å². The van der Waals surface area contributed by atoms with Crippen LogP contribution in [0.5, 0.6) is 0 Å². The van der Waals surface area contributed by atoms with Crippen LogP contribution < -0.4 is 0 Å². The maximum atomic E-state index is 13.2. The van der Waals surface area contributed by atoms with Gasteiger partial charge in [-0.25, -0.2) is 0 Å². The van der Waals surface area contributed by atoms with E-state index in [9.17, 15) is 14.7 Å². The first-order chi connectivity index (χ1) is 12.6. The monoisotopic (exact) mass is 376 g/mol. The fourth-order valence-corrected chi connectivity index (χ4v) is 6.74. The zero-order valence-corrected chi connectivity index (χ0v) is 17.6. The lowest BCUT2D eigenvalue weighted by Gasteiger charge is -2.61. The minimum Gasteiger partial charge on any atom is -0.462 e. The Morgan fingerprint density at radius 2 is 2.00 bits per heavy atom. The smallest absolute Gasteiger partial charge is 0.305 e. The third kappa shape index (κ3) is 2.73. The van der Waals surface area contributed by atoms with Gasteiger partial charge in [0.2, 0.25) is 0 Å². The second-order valence-electron chi connectivity index (χ2n) is 9.92. The summed E-state index contributed by atoms with van der Waals surface area (Å²) in [6.07, 6.45) is 5.02. The number of ether oxygens (including phenoxy) is 1. The molecule has 1 unspecified atom stereocenters. The molecule has 0 spiro atoms. The lowest BCUT2D eigenvalue weighted by Crippen LogP contribution is -2.63. The van der Waals surface area contributed by atoms with Crippen molar-refractivity contribution in [2.45, 2.75) is 85.4 Å². The third-order valence-corrected chi connectivity index (χ3v) is 8.86. The molecule has 1 N–H and O–H groups in total. The van der Waals surface area contributed by atoms with Crippen LogP contribution >= 0.6 is 0 Å². The number of aliphatic hydroxyl groups excluding tert-OH is 1. The van der Waals surface area contributed by atoms with Crippen LogP contribution in [0.3, 0.4) is 0 Å². The Bertz CT molecular complexity index is 642. The zero-order chi connectivity index (χ0) is 20.2. The molecule has 3 rings (SSSR count). The normalized spacial score (nSPS) is 49.7. The summed E-state index contributed by atoms with van der Waals surface area (Å²) < 4.78 is 6.02. The molecular formula is C23H36O4. The SMILES string of the molecule is C=C[C@@]1(C)C[C@@H](OC(=O)CC)[C@@]2(C)C3C(=O)CC[C@@]3(CC[C@H]2C)[C@@H](C)[C@@H]1O. The van der Waals surface area contributed by atoms with Gasteiger partial charge in [-0.15, -0.1) is 6.58 Å². The number of ketones is 1. The lowest BCUT2D eigenvalue weighted by molar-refractivity contribution is -0.206. The number of hydrogen-bond acceptors (Lipinski definition) is 4. The van der Waals surface area contributed by atoms with Gasteiger partial charge < -0.3 is 9.84 Å². The highest BCUT2D eigenvalue weighted by Crippen LogP contribution is 2.67. The third-order valence-electron chi connectivity index (χ3n) is 8.86. The van der Waals surface area contributed by atoms with E-state index in [0.717, 1.165) is 19.3 Å². The first kappa shape index (κ1) is 20.6. The van der Waals surface area contributed by atoms with E-state index in [1.807, 2.05) is 13.0 Å². The number of carbonyl (C=O) groups is 2. The molecular weight excluding hydrogens is 340 g/mol. The van der Waals surface area contributed by atoms with Crippen LogP contribution in [0.1, 0.15) is 73.1 Å². The van der Waals surface area contributed by atoms with E-state index in [-0.39, 0.29) is 29.1 Å². The van der Waals surface area contributed by atoms with Gasteiger partial charge in [0, 0.05) is 29.6 Å². The molecule has 0 aromatic carbocycles. The average molecular weight is 377 g/mol. The number of aliphatic hydroxyl groups is 1. The van der Waals surface area contributed by atoms with E-state index >= 15 is 0 Å². The first-order valence-electron chi connectivity index (χ1n) is 10.6.